The van der Waals surface area contributed by atoms with Crippen LogP contribution in [0.15, 0.2) is 40.5 Å². The van der Waals surface area contributed by atoms with Crippen LogP contribution in [-0.4, -0.2) is 85.6 Å². The average molecular weight is 540 g/mol. The smallest absolute Gasteiger partial charge is 0.280 e. The summed E-state index contributed by atoms with van der Waals surface area (Å²) in [5.74, 6) is -0.772. The summed E-state index contributed by atoms with van der Waals surface area (Å²) in [6.45, 7) is 3.64. The van der Waals surface area contributed by atoms with Crippen LogP contribution in [0.25, 0.3) is 0 Å². The minimum atomic E-state index is -3.81. The summed E-state index contributed by atoms with van der Waals surface area (Å²) in [5.41, 5.74) is 0.189. The number of benzene rings is 1. The summed E-state index contributed by atoms with van der Waals surface area (Å²) in [5, 5.41) is 5.98. The molecule has 0 aliphatic carbocycles. The number of hydrogen-bond acceptors (Lipinski definition) is 9. The van der Waals surface area contributed by atoms with E-state index >= 15 is 0 Å². The summed E-state index contributed by atoms with van der Waals surface area (Å²) in [6, 6.07) is 5.70. The molecule has 36 heavy (non-hydrogen) atoms. The number of nitrogens with zero attached hydrogens (tertiary/aromatic N) is 4. The van der Waals surface area contributed by atoms with Gasteiger partial charge in [0.05, 0.1) is 24.3 Å². The number of carbonyl (C=O) groups is 2. The first-order chi connectivity index (χ1) is 17.2. The van der Waals surface area contributed by atoms with Gasteiger partial charge in [0.25, 0.3) is 5.91 Å². The van der Waals surface area contributed by atoms with Crippen LogP contribution in [0.5, 0.6) is 0 Å². The number of oxime groups is 1. The first-order valence-electron chi connectivity index (χ1n) is 11.3. The summed E-state index contributed by atoms with van der Waals surface area (Å²) >= 11 is 0.662. The largest absolute Gasteiger partial charge is 0.389 e. The van der Waals surface area contributed by atoms with Crippen molar-refractivity contribution in [3.63, 3.8) is 0 Å². The Morgan fingerprint density at radius 1 is 1.22 bits per heavy atom. The highest BCUT2D eigenvalue weighted by Crippen LogP contribution is 2.21. The van der Waals surface area contributed by atoms with Gasteiger partial charge in [-0.1, -0.05) is 28.6 Å². The number of ether oxygens (including phenoxy) is 1. The van der Waals surface area contributed by atoms with Gasteiger partial charge >= 0.3 is 0 Å². The SMILES string of the molecule is CC(=O)N1CCCN(S(=O)(=O)c2ccc(/C(=N/O[C@@H]3CCOC3)C(=O)Nc3ncc(F)s3)cc2)CC1. The number of thiazole rings is 1. The van der Waals surface area contributed by atoms with E-state index in [1.807, 2.05) is 0 Å². The molecule has 1 atom stereocenters. The third-order valence-corrected chi connectivity index (χ3v) is 8.37. The summed E-state index contributed by atoms with van der Waals surface area (Å²) < 4.78 is 46.3. The van der Waals surface area contributed by atoms with E-state index in [9.17, 15) is 22.4 Å². The summed E-state index contributed by atoms with van der Waals surface area (Å²) in [4.78, 5) is 35.5. The molecule has 0 saturated carbocycles. The van der Waals surface area contributed by atoms with E-state index in [4.69, 9.17) is 9.57 Å². The highest BCUT2D eigenvalue weighted by molar-refractivity contribution is 7.89. The van der Waals surface area contributed by atoms with Crippen molar-refractivity contribution >= 4 is 44.0 Å². The molecule has 2 amide bonds. The number of halogens is 1. The van der Waals surface area contributed by atoms with Crippen molar-refractivity contribution in [2.75, 3.05) is 44.7 Å². The van der Waals surface area contributed by atoms with Crippen molar-refractivity contribution < 1.29 is 32.0 Å². The topological polar surface area (TPSA) is 130 Å². The molecule has 1 N–H and O–H groups in total. The Kier molecular flexibility index (Phi) is 8.28. The monoisotopic (exact) mass is 539 g/mol. The molecule has 0 spiro atoms. The predicted octanol–water partition coefficient (Wildman–Crippen LogP) is 1.67. The molecule has 0 bridgehead atoms. The van der Waals surface area contributed by atoms with Gasteiger partial charge in [-0.2, -0.15) is 8.70 Å². The van der Waals surface area contributed by atoms with Crippen molar-refractivity contribution in [1.29, 1.82) is 0 Å². The van der Waals surface area contributed by atoms with Crippen LogP contribution >= 0.6 is 11.3 Å². The molecule has 194 valence electrons. The quantitative estimate of drug-likeness (QED) is 0.418. The van der Waals surface area contributed by atoms with Crippen LogP contribution in [-0.2, 0) is 29.2 Å². The van der Waals surface area contributed by atoms with E-state index in [1.165, 1.54) is 35.5 Å². The van der Waals surface area contributed by atoms with Gasteiger partial charge < -0.3 is 14.5 Å². The van der Waals surface area contributed by atoms with Crippen molar-refractivity contribution in [3.05, 3.63) is 41.2 Å². The molecule has 2 fully saturated rings. The van der Waals surface area contributed by atoms with Crippen LogP contribution in [0.3, 0.4) is 0 Å². The Morgan fingerprint density at radius 2 is 2.00 bits per heavy atom. The van der Waals surface area contributed by atoms with Gasteiger partial charge in [-0.3, -0.25) is 14.9 Å². The number of sulfonamides is 1. The maximum Gasteiger partial charge on any atom is 0.280 e. The predicted molar refractivity (Wildman–Crippen MR) is 130 cm³/mol. The number of nitrogens with one attached hydrogen (secondary N) is 1. The normalized spacial score (nSPS) is 19.7. The Balaban J connectivity index is 1.54. The van der Waals surface area contributed by atoms with E-state index in [1.54, 1.807) is 4.90 Å². The molecule has 0 unspecified atom stereocenters. The van der Waals surface area contributed by atoms with Crippen molar-refractivity contribution in [2.45, 2.75) is 30.8 Å². The van der Waals surface area contributed by atoms with Gasteiger partial charge in [0.2, 0.25) is 15.9 Å². The fourth-order valence-corrected chi connectivity index (χ4v) is 5.81. The zero-order valence-corrected chi connectivity index (χ0v) is 21.2. The molecule has 0 radical (unpaired) electrons. The van der Waals surface area contributed by atoms with Crippen LogP contribution in [0, 0.1) is 5.13 Å². The Hall–Kier alpha value is -2.94. The number of hydrogen-bond donors (Lipinski definition) is 1. The number of aromatic nitrogens is 1. The maximum absolute atomic E-state index is 13.3. The molecule has 2 saturated heterocycles. The van der Waals surface area contributed by atoms with Crippen LogP contribution < -0.4 is 5.32 Å². The van der Waals surface area contributed by atoms with Gasteiger partial charge in [-0.25, -0.2) is 13.4 Å². The Morgan fingerprint density at radius 3 is 2.64 bits per heavy atom. The number of amides is 2. The van der Waals surface area contributed by atoms with Crippen molar-refractivity contribution in [1.82, 2.24) is 14.2 Å². The lowest BCUT2D eigenvalue weighted by Crippen LogP contribution is -2.36. The Bertz CT molecular complexity index is 1230. The molecule has 4 rings (SSSR count). The van der Waals surface area contributed by atoms with Crippen LogP contribution in [0.1, 0.15) is 25.3 Å². The van der Waals surface area contributed by atoms with Gasteiger partial charge in [0.1, 0.15) is 0 Å². The van der Waals surface area contributed by atoms with E-state index < -0.39 is 21.1 Å². The van der Waals surface area contributed by atoms with Crippen molar-refractivity contribution in [3.8, 4) is 0 Å². The number of anilines is 1. The van der Waals surface area contributed by atoms with Crippen LogP contribution in [0.4, 0.5) is 9.52 Å². The zero-order chi connectivity index (χ0) is 25.7. The summed E-state index contributed by atoms with van der Waals surface area (Å²) in [7, 11) is -3.81. The fraction of sp³-hybridized carbons (Fsp3) is 0.455. The minimum Gasteiger partial charge on any atom is -0.389 e. The second kappa shape index (κ2) is 11.4. The first-order valence-corrected chi connectivity index (χ1v) is 13.6. The van der Waals surface area contributed by atoms with E-state index in [0.717, 1.165) is 6.20 Å². The Labute approximate surface area is 211 Å². The molecule has 2 aromatic rings. The van der Waals surface area contributed by atoms with Gasteiger partial charge in [0, 0.05) is 45.1 Å². The highest BCUT2D eigenvalue weighted by atomic mass is 32.2. The molecule has 1 aromatic heterocycles. The van der Waals surface area contributed by atoms with Crippen molar-refractivity contribution in [2.24, 2.45) is 5.16 Å². The second-order valence-corrected chi connectivity index (χ2v) is 11.2. The van der Waals surface area contributed by atoms with E-state index in [0.29, 0.717) is 62.6 Å². The third kappa shape index (κ3) is 6.24. The highest BCUT2D eigenvalue weighted by Gasteiger charge is 2.28. The molecular weight excluding hydrogens is 513 g/mol. The number of rotatable bonds is 7. The summed E-state index contributed by atoms with van der Waals surface area (Å²) in [6.07, 6.45) is 1.82. The third-order valence-electron chi connectivity index (χ3n) is 5.76. The molecular formula is C22H26FN5O6S2. The van der Waals surface area contributed by atoms with Gasteiger partial charge in [-0.05, 0) is 18.6 Å². The molecule has 3 heterocycles. The maximum atomic E-state index is 13.3. The molecule has 1 aromatic carbocycles. The first kappa shape index (κ1) is 26.1. The number of carbonyl (C=O) groups excluding carboxylic acids is 2. The lowest BCUT2D eigenvalue weighted by Gasteiger charge is -2.21. The average Bonchev–Trinajstić information content (AvgIpc) is 3.44. The lowest BCUT2D eigenvalue weighted by atomic mass is 10.1. The van der Waals surface area contributed by atoms with Gasteiger partial charge in [0.15, 0.2) is 22.1 Å². The van der Waals surface area contributed by atoms with Crippen LogP contribution in [0.2, 0.25) is 0 Å². The van der Waals surface area contributed by atoms with E-state index in [2.05, 4.69) is 15.5 Å². The standard InChI is InChI=1S/C22H26FN5O6S2/c1-15(29)27-8-2-9-28(11-10-27)36(31,32)18-5-3-16(4-6-18)20(26-34-17-7-12-33-14-17)21(30)25-22-24-13-19(23)35-22/h3-6,13,17H,2,7-12,14H2,1H3,(H,24,25,30)/b26-20-/t17-/m1/s1. The second-order valence-electron chi connectivity index (χ2n) is 8.24. The van der Waals surface area contributed by atoms with E-state index in [-0.39, 0.29) is 34.3 Å². The minimum absolute atomic E-state index is 0.0503. The molecule has 14 heteroatoms. The molecule has 11 nitrogen and oxygen atoms in total. The molecule has 2 aliphatic rings. The zero-order valence-electron chi connectivity index (χ0n) is 19.6. The lowest BCUT2D eigenvalue weighted by molar-refractivity contribution is -0.128. The van der Waals surface area contributed by atoms with Gasteiger partial charge in [-0.15, -0.1) is 0 Å². The fourth-order valence-electron chi connectivity index (χ4n) is 3.80. The molecule has 2 aliphatic heterocycles.